The van der Waals surface area contributed by atoms with E-state index in [9.17, 15) is 0 Å². The molecule has 0 saturated carbocycles. The largest absolute Gasteiger partial charge is 0.504 e. The summed E-state index contributed by atoms with van der Waals surface area (Å²) in [6, 6.07) is 39.5. The number of anilines is 3. The van der Waals surface area contributed by atoms with E-state index in [1.165, 1.54) is 0 Å². The predicted octanol–water partition coefficient (Wildman–Crippen LogP) is 7.28. The molecular formula is C31H21N4OPt-3. The maximum absolute atomic E-state index is 6.26. The van der Waals surface area contributed by atoms with Crippen LogP contribution in [0.3, 0.4) is 0 Å². The van der Waals surface area contributed by atoms with Crippen molar-refractivity contribution in [2.75, 3.05) is 16.8 Å². The Bertz CT molecular complexity index is 1730. The maximum Gasteiger partial charge on any atom is 0.0422 e. The summed E-state index contributed by atoms with van der Waals surface area (Å²) in [6.45, 7) is 2.06. The molecule has 6 aromatic rings. The van der Waals surface area contributed by atoms with E-state index >= 15 is 0 Å². The first-order chi connectivity index (χ1) is 17.8. The monoisotopic (exact) mass is 660 g/mol. The standard InChI is InChI=1S/C31H21N4O.Pt/c1-33-21-34(29-14-6-5-13-28(29)33)23-11-7-12-24(19-23)36-25-16-17-27-26(20-25)31-30(15-8-18-32-31)35(27)22-9-3-2-4-10-22;/h2-18,21H,1H3;/q-3;. The molecule has 0 N–H and O–H groups in total. The molecule has 0 radical (unpaired) electrons. The van der Waals surface area contributed by atoms with Crippen LogP contribution in [0.1, 0.15) is 0 Å². The van der Waals surface area contributed by atoms with E-state index in [4.69, 9.17) is 4.74 Å². The molecule has 1 aliphatic heterocycles. The van der Waals surface area contributed by atoms with Crippen molar-refractivity contribution in [1.29, 1.82) is 0 Å². The zero-order valence-corrected chi connectivity index (χ0v) is 22.2. The zero-order valence-electron chi connectivity index (χ0n) is 19.9. The van der Waals surface area contributed by atoms with E-state index in [1.54, 1.807) is 0 Å². The molecule has 0 spiro atoms. The Hall–Kier alpha value is -4.08. The van der Waals surface area contributed by atoms with Gasteiger partial charge in [0.05, 0.1) is 0 Å². The average molecular weight is 661 g/mol. The minimum atomic E-state index is 0. The Labute approximate surface area is 229 Å². The van der Waals surface area contributed by atoms with Crippen molar-refractivity contribution in [3.8, 4) is 17.2 Å². The fourth-order valence-electron chi connectivity index (χ4n) is 4.86. The number of benzene rings is 4. The quantitative estimate of drug-likeness (QED) is 0.186. The molecule has 2 aromatic heterocycles. The van der Waals surface area contributed by atoms with Gasteiger partial charge in [0, 0.05) is 66.9 Å². The van der Waals surface area contributed by atoms with Crippen LogP contribution in [0.2, 0.25) is 0 Å². The average Bonchev–Trinajstić information content (AvgIpc) is 3.44. The molecule has 3 heterocycles. The van der Waals surface area contributed by atoms with Crippen molar-refractivity contribution in [2.45, 2.75) is 0 Å². The minimum Gasteiger partial charge on any atom is -0.504 e. The molecule has 37 heavy (non-hydrogen) atoms. The van der Waals surface area contributed by atoms with E-state index < -0.39 is 0 Å². The molecule has 0 unspecified atom stereocenters. The zero-order chi connectivity index (χ0) is 24.1. The number of pyridine rings is 1. The summed E-state index contributed by atoms with van der Waals surface area (Å²) in [5, 5.41) is 0.923. The van der Waals surface area contributed by atoms with Crippen LogP contribution >= 0.6 is 0 Å². The Morgan fingerprint density at radius 2 is 1.51 bits per heavy atom. The van der Waals surface area contributed by atoms with Crippen molar-refractivity contribution in [1.82, 2.24) is 9.55 Å². The normalized spacial score (nSPS) is 12.6. The van der Waals surface area contributed by atoms with Gasteiger partial charge < -0.3 is 24.1 Å². The van der Waals surface area contributed by atoms with Crippen LogP contribution in [-0.2, 0) is 21.1 Å². The van der Waals surface area contributed by atoms with E-state index in [-0.39, 0.29) is 21.1 Å². The summed E-state index contributed by atoms with van der Waals surface area (Å²) in [5.74, 6) is 1.25. The Morgan fingerprint density at radius 3 is 2.38 bits per heavy atom. The first-order valence-electron chi connectivity index (χ1n) is 11.8. The van der Waals surface area contributed by atoms with Crippen LogP contribution in [0.4, 0.5) is 17.1 Å². The maximum atomic E-state index is 6.26. The van der Waals surface area contributed by atoms with Gasteiger partial charge in [-0.1, -0.05) is 47.9 Å². The SMILES string of the molecule is CN1[CH-]N(c2[c-]c(Oc3[c-]c4c5ncccc5n(-c5ccccc5)c4cc3)ccc2)c2ccccc21.[Pt]. The third kappa shape index (κ3) is 3.96. The molecule has 0 atom stereocenters. The van der Waals surface area contributed by atoms with Crippen molar-refractivity contribution in [3.05, 3.63) is 122 Å². The molecule has 5 nitrogen and oxygen atoms in total. The molecule has 0 amide bonds. The summed E-state index contributed by atoms with van der Waals surface area (Å²) in [6.07, 6.45) is 1.82. The summed E-state index contributed by atoms with van der Waals surface area (Å²) in [5.41, 5.74) is 7.22. The van der Waals surface area contributed by atoms with Gasteiger partial charge in [0.25, 0.3) is 0 Å². The summed E-state index contributed by atoms with van der Waals surface area (Å²) < 4.78 is 8.47. The molecule has 4 aromatic carbocycles. The van der Waals surface area contributed by atoms with Crippen LogP contribution in [0.15, 0.2) is 103 Å². The van der Waals surface area contributed by atoms with Crippen molar-refractivity contribution in [2.24, 2.45) is 0 Å². The van der Waals surface area contributed by atoms with E-state index in [0.717, 1.165) is 44.7 Å². The summed E-state index contributed by atoms with van der Waals surface area (Å²) in [4.78, 5) is 8.89. The Balaban J connectivity index is 0.00000252. The van der Waals surface area contributed by atoms with Gasteiger partial charge in [-0.15, -0.1) is 30.0 Å². The number of rotatable bonds is 4. The number of para-hydroxylation sites is 3. The molecule has 184 valence electrons. The van der Waals surface area contributed by atoms with Gasteiger partial charge >= 0.3 is 0 Å². The fraction of sp³-hybridized carbons (Fsp3) is 0.0323. The van der Waals surface area contributed by atoms with Crippen LogP contribution < -0.4 is 14.5 Å². The third-order valence-corrected chi connectivity index (χ3v) is 6.46. The topological polar surface area (TPSA) is 33.5 Å². The number of ether oxygens (including phenoxy) is 1. The van der Waals surface area contributed by atoms with E-state index in [0.29, 0.717) is 11.5 Å². The molecule has 1 aliphatic rings. The number of hydrogen-bond donors (Lipinski definition) is 0. The molecule has 0 bridgehead atoms. The molecule has 0 aliphatic carbocycles. The summed E-state index contributed by atoms with van der Waals surface area (Å²) in [7, 11) is 2.04. The Kier molecular flexibility index (Phi) is 5.94. The third-order valence-electron chi connectivity index (χ3n) is 6.46. The van der Waals surface area contributed by atoms with Gasteiger partial charge in [-0.05, 0) is 49.0 Å². The number of hydrogen-bond acceptors (Lipinski definition) is 4. The molecule has 7 rings (SSSR count). The number of nitrogens with zero attached hydrogens (tertiary/aromatic N) is 4. The van der Waals surface area contributed by atoms with Gasteiger partial charge in [0.2, 0.25) is 0 Å². The van der Waals surface area contributed by atoms with Crippen LogP contribution in [-0.4, -0.2) is 16.6 Å². The first-order valence-corrected chi connectivity index (χ1v) is 11.8. The molecule has 0 fully saturated rings. The number of aromatic nitrogens is 2. The van der Waals surface area contributed by atoms with Crippen molar-refractivity contribution >= 4 is 39.0 Å². The van der Waals surface area contributed by atoms with Crippen LogP contribution in [0, 0.1) is 18.8 Å². The van der Waals surface area contributed by atoms with Crippen molar-refractivity contribution in [3.63, 3.8) is 0 Å². The molecule has 0 saturated heterocycles. The summed E-state index contributed by atoms with van der Waals surface area (Å²) >= 11 is 0. The second-order valence-electron chi connectivity index (χ2n) is 8.71. The van der Waals surface area contributed by atoms with E-state index in [2.05, 4.69) is 74.6 Å². The van der Waals surface area contributed by atoms with Gasteiger partial charge in [-0.2, -0.15) is 12.7 Å². The fourth-order valence-corrected chi connectivity index (χ4v) is 4.86. The number of fused-ring (bicyclic) bond motifs is 4. The Morgan fingerprint density at radius 1 is 0.730 bits per heavy atom. The van der Waals surface area contributed by atoms with Crippen LogP contribution in [0.5, 0.6) is 11.5 Å². The minimum absolute atomic E-state index is 0. The molecular weight excluding hydrogens is 639 g/mol. The van der Waals surface area contributed by atoms with E-state index in [1.807, 2.05) is 73.9 Å². The van der Waals surface area contributed by atoms with Crippen LogP contribution in [0.25, 0.3) is 27.6 Å². The first kappa shape index (κ1) is 23.3. The van der Waals surface area contributed by atoms with Gasteiger partial charge in [-0.3, -0.25) is 0 Å². The van der Waals surface area contributed by atoms with Gasteiger partial charge in [0.1, 0.15) is 0 Å². The van der Waals surface area contributed by atoms with Gasteiger partial charge in [0.15, 0.2) is 0 Å². The van der Waals surface area contributed by atoms with Gasteiger partial charge in [-0.25, -0.2) is 0 Å². The van der Waals surface area contributed by atoms with Crippen molar-refractivity contribution < 1.29 is 25.8 Å². The second-order valence-corrected chi connectivity index (χ2v) is 8.71. The smallest absolute Gasteiger partial charge is 0.0422 e. The second kappa shape index (κ2) is 9.42. The predicted molar refractivity (Wildman–Crippen MR) is 144 cm³/mol. The molecule has 6 heteroatoms.